The Labute approximate surface area is 122 Å². The van der Waals surface area contributed by atoms with Gasteiger partial charge in [0, 0.05) is 23.7 Å². The number of aliphatic carboxylic acids is 2. The second kappa shape index (κ2) is 7.79. The van der Waals surface area contributed by atoms with Crippen molar-refractivity contribution in [2.24, 2.45) is 5.92 Å². The third kappa shape index (κ3) is 5.13. The summed E-state index contributed by atoms with van der Waals surface area (Å²) in [6, 6.07) is 7.67. The summed E-state index contributed by atoms with van der Waals surface area (Å²) in [5.74, 6) is -2.33. The van der Waals surface area contributed by atoms with Crippen LogP contribution in [0.2, 0.25) is 0 Å². The van der Waals surface area contributed by atoms with Gasteiger partial charge in [0.1, 0.15) is 0 Å². The fraction of sp³-hybridized carbons (Fsp3) is 0.429. The van der Waals surface area contributed by atoms with E-state index < -0.39 is 17.9 Å². The molecule has 0 fully saturated rings. The molecule has 1 atom stereocenters. The fourth-order valence-electron chi connectivity index (χ4n) is 1.77. The summed E-state index contributed by atoms with van der Waals surface area (Å²) in [4.78, 5) is 24.6. The second-order valence-electron chi connectivity index (χ2n) is 4.53. The highest BCUT2D eigenvalue weighted by Crippen LogP contribution is 2.23. The molecule has 0 bridgehead atoms. The van der Waals surface area contributed by atoms with Gasteiger partial charge < -0.3 is 15.1 Å². The van der Waals surface area contributed by atoms with E-state index in [4.69, 9.17) is 10.2 Å². The van der Waals surface area contributed by atoms with E-state index in [0.717, 1.165) is 10.6 Å². The Morgan fingerprint density at radius 2 is 2.05 bits per heavy atom. The molecular weight excluding hydrogens is 278 g/mol. The standard InChI is InChI=1S/C14H19NO4S/c1-10(14(18)19)9-15(7-6-13(16)17)11-4-3-5-12(8-11)20-2/h3-5,8,10H,6-7,9H2,1-2H3,(H,16,17)(H,18,19). The number of anilines is 1. The van der Waals surface area contributed by atoms with Gasteiger partial charge in [-0.15, -0.1) is 11.8 Å². The Balaban J connectivity index is 2.89. The lowest BCUT2D eigenvalue weighted by atomic mass is 10.1. The number of hydrogen-bond acceptors (Lipinski definition) is 4. The number of hydrogen-bond donors (Lipinski definition) is 2. The zero-order chi connectivity index (χ0) is 15.1. The average molecular weight is 297 g/mol. The first-order chi connectivity index (χ1) is 9.43. The monoisotopic (exact) mass is 297 g/mol. The van der Waals surface area contributed by atoms with Crippen LogP contribution in [0.4, 0.5) is 5.69 Å². The van der Waals surface area contributed by atoms with Gasteiger partial charge in [0.15, 0.2) is 0 Å². The summed E-state index contributed by atoms with van der Waals surface area (Å²) in [5, 5.41) is 17.8. The Hall–Kier alpha value is -1.69. The number of thioether (sulfide) groups is 1. The highest BCUT2D eigenvalue weighted by molar-refractivity contribution is 7.98. The van der Waals surface area contributed by atoms with Gasteiger partial charge in [0.05, 0.1) is 12.3 Å². The van der Waals surface area contributed by atoms with Crippen LogP contribution in [0, 0.1) is 5.92 Å². The van der Waals surface area contributed by atoms with Crippen LogP contribution in [0.3, 0.4) is 0 Å². The van der Waals surface area contributed by atoms with Crippen molar-refractivity contribution in [3.63, 3.8) is 0 Å². The SMILES string of the molecule is CSc1cccc(N(CCC(=O)O)CC(C)C(=O)O)c1. The maximum absolute atomic E-state index is 11.0. The van der Waals surface area contributed by atoms with Crippen molar-refractivity contribution < 1.29 is 19.8 Å². The lowest BCUT2D eigenvalue weighted by molar-refractivity contribution is -0.140. The molecule has 0 spiro atoms. The lowest BCUT2D eigenvalue weighted by Gasteiger charge is -2.26. The highest BCUT2D eigenvalue weighted by atomic mass is 32.2. The molecule has 5 nitrogen and oxygen atoms in total. The molecule has 0 aliphatic rings. The van der Waals surface area contributed by atoms with Crippen LogP contribution >= 0.6 is 11.8 Å². The van der Waals surface area contributed by atoms with Crippen LogP contribution in [-0.4, -0.2) is 41.5 Å². The van der Waals surface area contributed by atoms with E-state index >= 15 is 0 Å². The van der Waals surface area contributed by atoms with Gasteiger partial charge in [-0.25, -0.2) is 0 Å². The van der Waals surface area contributed by atoms with Crippen LogP contribution in [0.5, 0.6) is 0 Å². The van der Waals surface area contributed by atoms with E-state index in [9.17, 15) is 9.59 Å². The first-order valence-corrected chi connectivity index (χ1v) is 7.50. The molecule has 6 heteroatoms. The van der Waals surface area contributed by atoms with E-state index in [0.29, 0.717) is 13.1 Å². The molecule has 2 N–H and O–H groups in total. The molecule has 1 aromatic carbocycles. The van der Waals surface area contributed by atoms with Crippen LogP contribution in [0.1, 0.15) is 13.3 Å². The minimum atomic E-state index is -0.890. The molecule has 0 aromatic heterocycles. The Kier molecular flexibility index (Phi) is 6.38. The maximum Gasteiger partial charge on any atom is 0.308 e. The molecule has 0 aliphatic heterocycles. The Morgan fingerprint density at radius 1 is 1.35 bits per heavy atom. The summed E-state index contributed by atoms with van der Waals surface area (Å²) in [6.45, 7) is 2.21. The van der Waals surface area contributed by atoms with Gasteiger partial charge in [-0.3, -0.25) is 9.59 Å². The van der Waals surface area contributed by atoms with Gasteiger partial charge in [0.25, 0.3) is 0 Å². The fourth-order valence-corrected chi connectivity index (χ4v) is 2.23. The molecular formula is C14H19NO4S. The third-order valence-electron chi connectivity index (χ3n) is 2.93. The molecule has 1 unspecified atom stereocenters. The molecule has 0 heterocycles. The molecule has 0 saturated carbocycles. The molecule has 0 aliphatic carbocycles. The zero-order valence-corrected chi connectivity index (χ0v) is 12.4. The number of carboxylic acid groups (broad SMARTS) is 2. The van der Waals surface area contributed by atoms with E-state index in [-0.39, 0.29) is 6.42 Å². The number of carbonyl (C=O) groups is 2. The van der Waals surface area contributed by atoms with Crippen molar-refractivity contribution in [3.8, 4) is 0 Å². The number of nitrogens with zero attached hydrogens (tertiary/aromatic N) is 1. The predicted molar refractivity (Wildman–Crippen MR) is 79.5 cm³/mol. The molecule has 0 saturated heterocycles. The normalized spacial score (nSPS) is 11.9. The van der Waals surface area contributed by atoms with Gasteiger partial charge in [-0.05, 0) is 24.5 Å². The Morgan fingerprint density at radius 3 is 2.60 bits per heavy atom. The van der Waals surface area contributed by atoms with Crippen molar-refractivity contribution in [1.29, 1.82) is 0 Å². The number of carboxylic acids is 2. The first kappa shape index (κ1) is 16.4. The molecule has 1 aromatic rings. The van der Waals surface area contributed by atoms with E-state index in [2.05, 4.69) is 0 Å². The van der Waals surface area contributed by atoms with E-state index in [1.54, 1.807) is 18.7 Å². The molecule has 110 valence electrons. The van der Waals surface area contributed by atoms with Crippen LogP contribution in [-0.2, 0) is 9.59 Å². The van der Waals surface area contributed by atoms with Gasteiger partial charge in [0.2, 0.25) is 0 Å². The summed E-state index contributed by atoms with van der Waals surface area (Å²) >= 11 is 1.59. The van der Waals surface area contributed by atoms with Crippen molar-refractivity contribution in [3.05, 3.63) is 24.3 Å². The molecule has 0 amide bonds. The smallest absolute Gasteiger partial charge is 0.308 e. The van der Waals surface area contributed by atoms with Crippen molar-refractivity contribution >= 4 is 29.4 Å². The molecule has 20 heavy (non-hydrogen) atoms. The highest BCUT2D eigenvalue weighted by Gasteiger charge is 2.17. The first-order valence-electron chi connectivity index (χ1n) is 6.27. The number of benzene rings is 1. The van der Waals surface area contributed by atoms with Crippen molar-refractivity contribution in [2.45, 2.75) is 18.2 Å². The summed E-state index contributed by atoms with van der Waals surface area (Å²) in [7, 11) is 0. The average Bonchev–Trinajstić information content (AvgIpc) is 2.42. The lowest BCUT2D eigenvalue weighted by Crippen LogP contribution is -2.33. The summed E-state index contributed by atoms with van der Waals surface area (Å²) in [6.07, 6.45) is 1.94. The van der Waals surface area contributed by atoms with Gasteiger partial charge in [-0.2, -0.15) is 0 Å². The van der Waals surface area contributed by atoms with Gasteiger partial charge >= 0.3 is 11.9 Å². The maximum atomic E-state index is 11.0. The zero-order valence-electron chi connectivity index (χ0n) is 11.6. The third-order valence-corrected chi connectivity index (χ3v) is 3.66. The van der Waals surface area contributed by atoms with Crippen molar-refractivity contribution in [2.75, 3.05) is 24.2 Å². The van der Waals surface area contributed by atoms with Crippen LogP contribution in [0.25, 0.3) is 0 Å². The van der Waals surface area contributed by atoms with Crippen molar-refractivity contribution in [1.82, 2.24) is 0 Å². The quantitative estimate of drug-likeness (QED) is 0.717. The van der Waals surface area contributed by atoms with Gasteiger partial charge in [-0.1, -0.05) is 13.0 Å². The largest absolute Gasteiger partial charge is 0.481 e. The molecule has 1 rings (SSSR count). The topological polar surface area (TPSA) is 77.8 Å². The minimum Gasteiger partial charge on any atom is -0.481 e. The minimum absolute atomic E-state index is 0.0180. The summed E-state index contributed by atoms with van der Waals surface area (Å²) < 4.78 is 0. The van der Waals surface area contributed by atoms with Crippen LogP contribution in [0.15, 0.2) is 29.2 Å². The van der Waals surface area contributed by atoms with E-state index in [1.807, 2.05) is 35.4 Å². The van der Waals surface area contributed by atoms with E-state index in [1.165, 1.54) is 0 Å². The molecule has 0 radical (unpaired) electrons. The predicted octanol–water partition coefficient (Wildman–Crippen LogP) is 2.41. The summed E-state index contributed by atoms with van der Waals surface area (Å²) in [5.41, 5.74) is 0.853. The Bertz CT molecular complexity index is 478. The van der Waals surface area contributed by atoms with Crippen LogP contribution < -0.4 is 4.90 Å². The number of rotatable bonds is 8. The second-order valence-corrected chi connectivity index (χ2v) is 5.41.